The van der Waals surface area contributed by atoms with Gasteiger partial charge in [0.05, 0.1) is 18.5 Å². The Morgan fingerprint density at radius 2 is 1.66 bits per heavy atom. The van der Waals surface area contributed by atoms with Gasteiger partial charge in [0.15, 0.2) is 0 Å². The van der Waals surface area contributed by atoms with Crippen LogP contribution >= 0.6 is 11.8 Å². The third kappa shape index (κ3) is 12.9. The number of imidazole rings is 1. The number of carbonyl (C=O) groups is 3. The summed E-state index contributed by atoms with van der Waals surface area (Å²) in [5, 5.41) is 20.2. The molecule has 5 N–H and O–H groups in total. The first-order chi connectivity index (χ1) is 20.9. The first kappa shape index (κ1) is 35.4. The van der Waals surface area contributed by atoms with Crippen LogP contribution in [0.4, 0.5) is 4.79 Å². The molecule has 0 bridgehead atoms. The predicted molar refractivity (Wildman–Crippen MR) is 174 cm³/mol. The predicted octanol–water partition coefficient (Wildman–Crippen LogP) is 4.53. The van der Waals surface area contributed by atoms with Gasteiger partial charge in [0.1, 0.15) is 17.7 Å². The highest BCUT2D eigenvalue weighted by molar-refractivity contribution is 7.99. The molecule has 0 spiro atoms. The summed E-state index contributed by atoms with van der Waals surface area (Å²) >= 11 is 1.66. The Morgan fingerprint density at radius 3 is 2.27 bits per heavy atom. The Hall–Kier alpha value is -3.05. The van der Waals surface area contributed by atoms with E-state index in [1.165, 1.54) is 12.7 Å². The van der Waals surface area contributed by atoms with Crippen LogP contribution in [-0.2, 0) is 27.2 Å². The highest BCUT2D eigenvalue weighted by Gasteiger charge is 2.32. The van der Waals surface area contributed by atoms with Crippen LogP contribution in [0, 0.1) is 5.92 Å². The molecule has 1 aliphatic carbocycles. The molecule has 3 amide bonds. The average Bonchev–Trinajstić information content (AvgIpc) is 3.48. The van der Waals surface area contributed by atoms with Crippen molar-refractivity contribution in [3.8, 4) is 0 Å². The molecule has 0 unspecified atom stereocenters. The highest BCUT2D eigenvalue weighted by Crippen LogP contribution is 2.29. The molecule has 1 heterocycles. The SMILES string of the molecule is CC(C)SC[C@H](O)[C@H](CC1CCCCC1)NC(=O)[C@H](Cc1cnc[nH]1)NC(=O)[C@H](Cc1ccccc1)NC(=O)OC(C)(C)C. The maximum atomic E-state index is 13.9. The van der Waals surface area contributed by atoms with E-state index in [1.54, 1.807) is 38.7 Å². The van der Waals surface area contributed by atoms with Gasteiger partial charge in [0, 0.05) is 30.5 Å². The van der Waals surface area contributed by atoms with Crippen LogP contribution in [-0.4, -0.2) is 73.8 Å². The molecular weight excluding hydrogens is 578 g/mol. The molecule has 3 rings (SSSR count). The van der Waals surface area contributed by atoms with Gasteiger partial charge < -0.3 is 30.8 Å². The number of hydrogen-bond donors (Lipinski definition) is 5. The number of H-pyrrole nitrogens is 1. The minimum absolute atomic E-state index is 0.162. The normalized spacial score (nSPS) is 16.9. The molecule has 1 aliphatic rings. The maximum Gasteiger partial charge on any atom is 0.408 e. The first-order valence-electron chi connectivity index (χ1n) is 15.8. The summed E-state index contributed by atoms with van der Waals surface area (Å²) in [7, 11) is 0. The fraction of sp³-hybridized carbons (Fsp3) is 0.636. The van der Waals surface area contributed by atoms with Crippen LogP contribution in [0.15, 0.2) is 42.9 Å². The van der Waals surface area contributed by atoms with Crippen LogP contribution in [0.3, 0.4) is 0 Å². The van der Waals surface area contributed by atoms with Crippen molar-refractivity contribution < 1.29 is 24.2 Å². The van der Waals surface area contributed by atoms with Gasteiger partial charge in [-0.05, 0) is 43.9 Å². The van der Waals surface area contributed by atoms with E-state index < -0.39 is 47.7 Å². The average molecular weight is 630 g/mol. The van der Waals surface area contributed by atoms with Crippen LogP contribution in [0.25, 0.3) is 0 Å². The summed E-state index contributed by atoms with van der Waals surface area (Å²) in [6.45, 7) is 9.42. The number of aliphatic hydroxyl groups excluding tert-OH is 1. The van der Waals surface area contributed by atoms with Gasteiger partial charge >= 0.3 is 6.09 Å². The van der Waals surface area contributed by atoms with Crippen molar-refractivity contribution in [1.29, 1.82) is 0 Å². The molecule has 11 heteroatoms. The second kappa shape index (κ2) is 17.4. The molecule has 44 heavy (non-hydrogen) atoms. The Kier molecular flexibility index (Phi) is 14.0. The van der Waals surface area contributed by atoms with Gasteiger partial charge in [-0.3, -0.25) is 9.59 Å². The topological polar surface area (TPSA) is 145 Å². The van der Waals surface area contributed by atoms with E-state index in [9.17, 15) is 19.5 Å². The monoisotopic (exact) mass is 629 g/mol. The largest absolute Gasteiger partial charge is 0.444 e. The zero-order chi connectivity index (χ0) is 32.1. The quantitative estimate of drug-likeness (QED) is 0.195. The molecule has 0 aliphatic heterocycles. The minimum atomic E-state index is -0.990. The lowest BCUT2D eigenvalue weighted by molar-refractivity contribution is -0.130. The van der Waals surface area contributed by atoms with Gasteiger partial charge in [0.25, 0.3) is 0 Å². The number of alkyl carbamates (subject to hydrolysis) is 1. The van der Waals surface area contributed by atoms with Crippen molar-refractivity contribution in [2.24, 2.45) is 5.92 Å². The minimum Gasteiger partial charge on any atom is -0.444 e. The third-order valence-corrected chi connectivity index (χ3v) is 8.81. The Bertz CT molecular complexity index is 1150. The van der Waals surface area contributed by atoms with E-state index in [0.29, 0.717) is 29.0 Å². The fourth-order valence-corrected chi connectivity index (χ4v) is 6.21. The summed E-state index contributed by atoms with van der Waals surface area (Å²) in [5.74, 6) is 0.0326. The van der Waals surface area contributed by atoms with Crippen molar-refractivity contribution in [3.05, 3.63) is 54.1 Å². The maximum absolute atomic E-state index is 13.9. The van der Waals surface area contributed by atoms with Crippen LogP contribution in [0.5, 0.6) is 0 Å². The smallest absolute Gasteiger partial charge is 0.408 e. The lowest BCUT2D eigenvalue weighted by Crippen LogP contribution is -2.58. The lowest BCUT2D eigenvalue weighted by Gasteiger charge is -2.32. The van der Waals surface area contributed by atoms with E-state index in [0.717, 1.165) is 31.2 Å². The third-order valence-electron chi connectivity index (χ3n) is 7.61. The lowest BCUT2D eigenvalue weighted by atomic mass is 9.83. The van der Waals surface area contributed by atoms with Gasteiger partial charge in [-0.2, -0.15) is 11.8 Å². The van der Waals surface area contributed by atoms with E-state index >= 15 is 0 Å². The molecule has 1 fully saturated rings. The van der Waals surface area contributed by atoms with Crippen molar-refractivity contribution >= 4 is 29.7 Å². The van der Waals surface area contributed by atoms with Crippen LogP contribution in [0.2, 0.25) is 0 Å². The molecule has 244 valence electrons. The van der Waals surface area contributed by atoms with E-state index in [4.69, 9.17) is 4.74 Å². The van der Waals surface area contributed by atoms with Crippen molar-refractivity contribution in [1.82, 2.24) is 25.9 Å². The summed E-state index contributed by atoms with van der Waals surface area (Å²) in [6, 6.07) is 6.94. The molecular formula is C33H51N5O5S. The van der Waals surface area contributed by atoms with Gasteiger partial charge in [-0.25, -0.2) is 9.78 Å². The van der Waals surface area contributed by atoms with E-state index in [1.807, 2.05) is 30.3 Å². The molecule has 1 aromatic heterocycles. The number of nitrogens with one attached hydrogen (secondary N) is 4. The number of aromatic amines is 1. The zero-order valence-electron chi connectivity index (χ0n) is 26.8. The molecule has 10 nitrogen and oxygen atoms in total. The van der Waals surface area contributed by atoms with Crippen molar-refractivity contribution in [3.63, 3.8) is 0 Å². The molecule has 1 aromatic carbocycles. The number of aromatic nitrogens is 2. The molecule has 0 radical (unpaired) electrons. The second-order valence-electron chi connectivity index (χ2n) is 13.0. The first-order valence-corrected chi connectivity index (χ1v) is 16.9. The van der Waals surface area contributed by atoms with Crippen molar-refractivity contribution in [2.75, 3.05) is 5.75 Å². The number of hydrogen-bond acceptors (Lipinski definition) is 7. The Labute approximate surface area is 266 Å². The number of benzene rings is 1. The highest BCUT2D eigenvalue weighted by atomic mass is 32.2. The summed E-state index contributed by atoms with van der Waals surface area (Å²) in [4.78, 5) is 47.5. The molecule has 0 saturated heterocycles. The van der Waals surface area contributed by atoms with E-state index in [-0.39, 0.29) is 12.8 Å². The van der Waals surface area contributed by atoms with E-state index in [2.05, 4.69) is 39.8 Å². The number of rotatable bonds is 15. The zero-order valence-corrected chi connectivity index (χ0v) is 27.6. The Balaban J connectivity index is 1.80. The van der Waals surface area contributed by atoms with Crippen LogP contribution < -0.4 is 16.0 Å². The number of thioether (sulfide) groups is 1. The summed E-state index contributed by atoms with van der Waals surface area (Å²) in [6.07, 6.45) is 8.46. The van der Waals surface area contributed by atoms with Crippen LogP contribution in [0.1, 0.15) is 84.4 Å². The van der Waals surface area contributed by atoms with Gasteiger partial charge in [-0.15, -0.1) is 0 Å². The molecule has 1 saturated carbocycles. The summed E-state index contributed by atoms with van der Waals surface area (Å²) in [5.41, 5.74) is 0.768. The number of carbonyl (C=O) groups excluding carboxylic acids is 3. The van der Waals surface area contributed by atoms with Crippen molar-refractivity contribution in [2.45, 2.75) is 121 Å². The Morgan fingerprint density at radius 1 is 1.00 bits per heavy atom. The number of aliphatic hydroxyl groups is 1. The fourth-order valence-electron chi connectivity index (χ4n) is 5.39. The van der Waals surface area contributed by atoms with Gasteiger partial charge in [0.2, 0.25) is 11.8 Å². The summed E-state index contributed by atoms with van der Waals surface area (Å²) < 4.78 is 5.43. The standard InChI is InChI=1S/C33H51N5O5S/c1-22(2)44-20-29(39)26(16-23-12-8-6-9-13-23)36-31(41)28(18-25-19-34-21-35-25)37-30(40)27(17-24-14-10-7-11-15-24)38-32(42)43-33(3,4)5/h7,10-11,14-15,19,21-23,26-29,39H,6,8-9,12-13,16-18,20H2,1-5H3,(H,34,35)(H,36,41)(H,37,40)(H,38,42)/t26-,27-,28-,29-/m0/s1. The molecule has 2 aromatic rings. The number of ether oxygens (including phenoxy) is 1. The number of nitrogens with zero attached hydrogens (tertiary/aromatic N) is 1. The molecule has 4 atom stereocenters. The number of amides is 3. The van der Waals surface area contributed by atoms with Gasteiger partial charge in [-0.1, -0.05) is 76.3 Å². The second-order valence-corrected chi connectivity index (χ2v) is 14.6.